The van der Waals surface area contributed by atoms with Crippen molar-refractivity contribution in [1.82, 2.24) is 9.88 Å². The topological polar surface area (TPSA) is 71.3 Å². The first-order chi connectivity index (χ1) is 13.3. The van der Waals surface area contributed by atoms with Crippen LogP contribution in [0.1, 0.15) is 29.3 Å². The standard InChI is InChI=1S/C21H20Cl2N2O3/c1-12(7-8-13-9-10-15(22)16(23)11-13)24-20(27)18-14-5-3-4-6-17(14)25(2)21(28)19(18)26/h3-6,9-12,26H,7-8H2,1-2H3,(H,24,27). The van der Waals surface area contributed by atoms with Crippen molar-refractivity contribution in [1.29, 1.82) is 0 Å². The van der Waals surface area contributed by atoms with Crippen LogP contribution in [0.2, 0.25) is 10.0 Å². The summed E-state index contributed by atoms with van der Waals surface area (Å²) < 4.78 is 1.33. The Morgan fingerprint density at radius 2 is 1.89 bits per heavy atom. The lowest BCUT2D eigenvalue weighted by molar-refractivity contribution is 0.0937. The van der Waals surface area contributed by atoms with Crippen LogP contribution in [0.5, 0.6) is 5.75 Å². The van der Waals surface area contributed by atoms with Gasteiger partial charge in [-0.15, -0.1) is 0 Å². The first-order valence-corrected chi connectivity index (χ1v) is 9.60. The number of rotatable bonds is 5. The second kappa shape index (κ2) is 8.25. The highest BCUT2D eigenvalue weighted by Gasteiger charge is 2.21. The molecule has 1 aromatic heterocycles. The fraction of sp³-hybridized carbons (Fsp3) is 0.238. The molecule has 1 unspecified atom stereocenters. The lowest BCUT2D eigenvalue weighted by Gasteiger charge is -2.17. The number of carbonyl (C=O) groups excluding carboxylic acids is 1. The summed E-state index contributed by atoms with van der Waals surface area (Å²) in [6.07, 6.45) is 1.36. The van der Waals surface area contributed by atoms with Crippen LogP contribution in [0.25, 0.3) is 10.9 Å². The Labute approximate surface area is 172 Å². The van der Waals surface area contributed by atoms with Gasteiger partial charge >= 0.3 is 0 Å². The Hall–Kier alpha value is -2.50. The minimum Gasteiger partial charge on any atom is -0.502 e. The van der Waals surface area contributed by atoms with Crippen LogP contribution < -0.4 is 10.9 Å². The first-order valence-electron chi connectivity index (χ1n) is 8.85. The monoisotopic (exact) mass is 418 g/mol. The number of hydrogen-bond acceptors (Lipinski definition) is 3. The summed E-state index contributed by atoms with van der Waals surface area (Å²) in [6.45, 7) is 1.87. The summed E-state index contributed by atoms with van der Waals surface area (Å²) >= 11 is 12.0. The van der Waals surface area contributed by atoms with Gasteiger partial charge in [0.25, 0.3) is 11.5 Å². The SMILES string of the molecule is CC(CCc1ccc(Cl)c(Cl)c1)NC(=O)c1c(O)c(=O)n(C)c2ccccc12. The van der Waals surface area contributed by atoms with Crippen LogP contribution in [0.4, 0.5) is 0 Å². The van der Waals surface area contributed by atoms with E-state index in [1.165, 1.54) is 4.57 Å². The van der Waals surface area contributed by atoms with E-state index in [2.05, 4.69) is 5.32 Å². The molecule has 0 bridgehead atoms. The molecule has 1 atom stereocenters. The molecule has 1 heterocycles. The van der Waals surface area contributed by atoms with Gasteiger partial charge in [0.2, 0.25) is 0 Å². The zero-order chi connectivity index (χ0) is 20.4. The van der Waals surface area contributed by atoms with Crippen LogP contribution in [-0.4, -0.2) is 21.6 Å². The number of aromatic nitrogens is 1. The van der Waals surface area contributed by atoms with Crippen molar-refractivity contribution in [2.24, 2.45) is 7.05 Å². The van der Waals surface area contributed by atoms with Gasteiger partial charge in [-0.3, -0.25) is 9.59 Å². The van der Waals surface area contributed by atoms with Crippen molar-refractivity contribution >= 4 is 40.0 Å². The summed E-state index contributed by atoms with van der Waals surface area (Å²) in [5, 5.41) is 14.7. The second-order valence-electron chi connectivity index (χ2n) is 6.77. The number of benzene rings is 2. The molecule has 5 nitrogen and oxygen atoms in total. The summed E-state index contributed by atoms with van der Waals surface area (Å²) in [5.74, 6) is -1.02. The molecule has 3 aromatic rings. The smallest absolute Gasteiger partial charge is 0.293 e. The first kappa shape index (κ1) is 20.2. The fourth-order valence-corrected chi connectivity index (χ4v) is 3.48. The normalized spacial score (nSPS) is 12.1. The Balaban J connectivity index is 1.79. The third kappa shape index (κ3) is 4.01. The van der Waals surface area contributed by atoms with Crippen molar-refractivity contribution in [3.63, 3.8) is 0 Å². The van der Waals surface area contributed by atoms with Crippen molar-refractivity contribution < 1.29 is 9.90 Å². The quantitative estimate of drug-likeness (QED) is 0.648. The molecule has 146 valence electrons. The Bertz CT molecular complexity index is 1110. The predicted octanol–water partition coefficient (Wildman–Crippen LogP) is 4.30. The number of carbonyl (C=O) groups is 1. The van der Waals surface area contributed by atoms with Gasteiger partial charge in [-0.25, -0.2) is 0 Å². The predicted molar refractivity (Wildman–Crippen MR) is 113 cm³/mol. The Morgan fingerprint density at radius 3 is 2.61 bits per heavy atom. The van der Waals surface area contributed by atoms with Crippen LogP contribution in [0, 0.1) is 0 Å². The molecule has 0 aliphatic heterocycles. The van der Waals surface area contributed by atoms with Gasteiger partial charge in [-0.1, -0.05) is 47.5 Å². The van der Waals surface area contributed by atoms with E-state index in [-0.39, 0.29) is 11.6 Å². The minimum absolute atomic E-state index is 0.0000809. The summed E-state index contributed by atoms with van der Waals surface area (Å²) in [6, 6.07) is 12.2. The van der Waals surface area contributed by atoms with Gasteiger partial charge in [-0.05, 0) is 43.5 Å². The molecule has 0 fully saturated rings. The third-order valence-electron chi connectivity index (χ3n) is 4.73. The number of amides is 1. The number of aryl methyl sites for hydroxylation is 2. The maximum atomic E-state index is 12.8. The van der Waals surface area contributed by atoms with Gasteiger partial charge < -0.3 is 15.0 Å². The molecule has 2 N–H and O–H groups in total. The number of pyridine rings is 1. The van der Waals surface area contributed by atoms with Gasteiger partial charge in [0.1, 0.15) is 0 Å². The largest absolute Gasteiger partial charge is 0.502 e. The van der Waals surface area contributed by atoms with E-state index in [1.54, 1.807) is 43.4 Å². The van der Waals surface area contributed by atoms with Crippen molar-refractivity contribution in [2.45, 2.75) is 25.8 Å². The second-order valence-corrected chi connectivity index (χ2v) is 7.58. The molecule has 7 heteroatoms. The van der Waals surface area contributed by atoms with E-state index < -0.39 is 17.2 Å². The molecule has 2 aromatic carbocycles. The molecule has 0 saturated carbocycles. The number of halogens is 2. The number of nitrogens with zero attached hydrogens (tertiary/aromatic N) is 1. The highest BCUT2D eigenvalue weighted by molar-refractivity contribution is 6.42. The molecule has 0 aliphatic rings. The molecular formula is C21H20Cl2N2O3. The molecule has 28 heavy (non-hydrogen) atoms. The highest BCUT2D eigenvalue weighted by Crippen LogP contribution is 2.25. The van der Waals surface area contributed by atoms with E-state index in [0.717, 1.165) is 5.56 Å². The summed E-state index contributed by atoms with van der Waals surface area (Å²) in [5.41, 5.74) is 0.990. The van der Waals surface area contributed by atoms with Crippen molar-refractivity contribution in [2.75, 3.05) is 0 Å². The van der Waals surface area contributed by atoms with E-state index in [1.807, 2.05) is 13.0 Å². The number of para-hydroxylation sites is 1. The lowest BCUT2D eigenvalue weighted by atomic mass is 10.0. The summed E-state index contributed by atoms with van der Waals surface area (Å²) in [7, 11) is 1.56. The minimum atomic E-state index is -0.604. The van der Waals surface area contributed by atoms with E-state index >= 15 is 0 Å². The number of hydrogen-bond donors (Lipinski definition) is 2. The molecule has 0 saturated heterocycles. The van der Waals surface area contributed by atoms with Gasteiger partial charge in [0.15, 0.2) is 5.75 Å². The van der Waals surface area contributed by atoms with Gasteiger partial charge in [0.05, 0.1) is 21.1 Å². The number of nitrogens with one attached hydrogen (secondary N) is 1. The molecule has 0 aliphatic carbocycles. The number of fused-ring (bicyclic) bond motifs is 1. The maximum Gasteiger partial charge on any atom is 0.293 e. The maximum absolute atomic E-state index is 12.8. The zero-order valence-electron chi connectivity index (χ0n) is 15.5. The van der Waals surface area contributed by atoms with Crippen molar-refractivity contribution in [3.05, 3.63) is 74.0 Å². The Morgan fingerprint density at radius 1 is 1.18 bits per heavy atom. The Kier molecular flexibility index (Phi) is 5.96. The molecule has 0 radical (unpaired) electrons. The average Bonchev–Trinajstić information content (AvgIpc) is 2.67. The van der Waals surface area contributed by atoms with E-state index in [0.29, 0.717) is 33.8 Å². The molecule has 0 spiro atoms. The van der Waals surface area contributed by atoms with Crippen LogP contribution in [0.15, 0.2) is 47.3 Å². The van der Waals surface area contributed by atoms with Crippen LogP contribution in [-0.2, 0) is 13.5 Å². The van der Waals surface area contributed by atoms with Crippen LogP contribution in [0.3, 0.4) is 0 Å². The van der Waals surface area contributed by atoms with Crippen molar-refractivity contribution in [3.8, 4) is 5.75 Å². The van der Waals surface area contributed by atoms with E-state index in [9.17, 15) is 14.7 Å². The fourth-order valence-electron chi connectivity index (χ4n) is 3.16. The summed E-state index contributed by atoms with van der Waals surface area (Å²) in [4.78, 5) is 25.1. The lowest BCUT2D eigenvalue weighted by Crippen LogP contribution is -2.34. The molecule has 1 amide bonds. The zero-order valence-corrected chi connectivity index (χ0v) is 17.0. The molecule has 3 rings (SSSR count). The van der Waals surface area contributed by atoms with Gasteiger partial charge in [0, 0.05) is 18.5 Å². The highest BCUT2D eigenvalue weighted by atomic mass is 35.5. The average molecular weight is 419 g/mol. The third-order valence-corrected chi connectivity index (χ3v) is 5.47. The van der Waals surface area contributed by atoms with Gasteiger partial charge in [-0.2, -0.15) is 0 Å². The van der Waals surface area contributed by atoms with Crippen LogP contribution >= 0.6 is 23.2 Å². The van der Waals surface area contributed by atoms with E-state index in [4.69, 9.17) is 23.2 Å². The molecular weight excluding hydrogens is 399 g/mol. The number of aromatic hydroxyl groups is 1.